The molecular weight excluding hydrogens is 538 g/mol. The lowest BCUT2D eigenvalue weighted by molar-refractivity contribution is -0.140. The number of carbonyl (C=O) groups is 2. The van der Waals surface area contributed by atoms with Crippen LogP contribution in [0.15, 0.2) is 60.7 Å². The Morgan fingerprint density at radius 1 is 0.814 bits per heavy atom. The molecule has 3 aromatic rings. The maximum atomic E-state index is 12.2. The minimum Gasteiger partial charge on any atom is -0.489 e. The zero-order valence-electron chi connectivity index (χ0n) is 25.7. The molecule has 5 rings (SSSR count). The van der Waals surface area contributed by atoms with Crippen LogP contribution in [-0.4, -0.2) is 44.1 Å². The van der Waals surface area contributed by atoms with Crippen molar-refractivity contribution >= 4 is 11.9 Å². The van der Waals surface area contributed by atoms with Crippen LogP contribution < -0.4 is 4.74 Å². The Hall–Kier alpha value is -3.64. The Morgan fingerprint density at radius 3 is 2.49 bits per heavy atom. The summed E-state index contributed by atoms with van der Waals surface area (Å²) in [7, 11) is 2.87. The van der Waals surface area contributed by atoms with Gasteiger partial charge in [-0.05, 0) is 122 Å². The minimum absolute atomic E-state index is 0.157. The van der Waals surface area contributed by atoms with E-state index in [2.05, 4.69) is 53.4 Å². The fourth-order valence-electron chi connectivity index (χ4n) is 6.79. The highest BCUT2D eigenvalue weighted by Gasteiger charge is 2.27. The zero-order valence-corrected chi connectivity index (χ0v) is 25.7. The minimum atomic E-state index is -0.294. The van der Waals surface area contributed by atoms with Crippen LogP contribution in [0, 0.1) is 0 Å². The molecule has 0 aliphatic heterocycles. The lowest BCUT2D eigenvalue weighted by Crippen LogP contribution is -2.34. The molecule has 0 N–H and O–H groups in total. The third-order valence-corrected chi connectivity index (χ3v) is 9.11. The molecule has 0 aromatic heterocycles. The second kappa shape index (κ2) is 15.2. The number of rotatable bonds is 13. The number of para-hydroxylation sites is 1. The maximum absolute atomic E-state index is 12.2. The van der Waals surface area contributed by atoms with Crippen molar-refractivity contribution in [1.82, 2.24) is 4.90 Å². The standard InChI is InChI=1S/C37H45NO5/c1-41-36(39)19-7-8-23-38(34-17-10-14-29-25-30(37(40)42-2)20-21-33(29)34)24-22-28-12-4-6-18-35(28)43-26-31-15-9-13-27-11-3-5-16-32(27)31/h4,6,9,12-13,15,18,20-21,25,34H,3,5,7-8,10-11,14,16-17,19,22-24,26H2,1-2H3. The van der Waals surface area contributed by atoms with Crippen molar-refractivity contribution in [2.24, 2.45) is 0 Å². The highest BCUT2D eigenvalue weighted by Crippen LogP contribution is 2.36. The van der Waals surface area contributed by atoms with E-state index in [1.807, 2.05) is 12.1 Å². The molecule has 1 unspecified atom stereocenters. The number of esters is 2. The van der Waals surface area contributed by atoms with Crippen LogP contribution in [0.3, 0.4) is 0 Å². The molecule has 0 saturated carbocycles. The van der Waals surface area contributed by atoms with Crippen LogP contribution in [0.4, 0.5) is 0 Å². The smallest absolute Gasteiger partial charge is 0.337 e. The van der Waals surface area contributed by atoms with Gasteiger partial charge < -0.3 is 14.2 Å². The summed E-state index contributed by atoms with van der Waals surface area (Å²) in [4.78, 5) is 26.5. The molecule has 0 amide bonds. The van der Waals surface area contributed by atoms with E-state index >= 15 is 0 Å². The van der Waals surface area contributed by atoms with E-state index in [1.165, 1.54) is 66.9 Å². The van der Waals surface area contributed by atoms with Gasteiger partial charge in [0.05, 0.1) is 19.8 Å². The molecule has 2 aliphatic carbocycles. The molecule has 0 radical (unpaired) electrons. The average molecular weight is 584 g/mol. The Labute approximate surface area is 256 Å². The first-order chi connectivity index (χ1) is 21.1. The van der Waals surface area contributed by atoms with Gasteiger partial charge in [0.2, 0.25) is 0 Å². The molecule has 6 nitrogen and oxygen atoms in total. The normalized spacial score (nSPS) is 15.8. The lowest BCUT2D eigenvalue weighted by Gasteiger charge is -2.36. The van der Waals surface area contributed by atoms with E-state index in [-0.39, 0.29) is 18.0 Å². The first-order valence-corrected chi connectivity index (χ1v) is 15.9. The average Bonchev–Trinajstić information content (AvgIpc) is 3.06. The van der Waals surface area contributed by atoms with Crippen molar-refractivity contribution in [3.63, 3.8) is 0 Å². The van der Waals surface area contributed by atoms with Crippen molar-refractivity contribution < 1.29 is 23.8 Å². The number of methoxy groups -OCH3 is 2. The lowest BCUT2D eigenvalue weighted by atomic mass is 9.85. The number of unbranched alkanes of at least 4 members (excludes halogenated alkanes) is 1. The van der Waals surface area contributed by atoms with Gasteiger partial charge in [0.15, 0.2) is 0 Å². The Kier molecular flexibility index (Phi) is 10.9. The highest BCUT2D eigenvalue weighted by atomic mass is 16.5. The van der Waals surface area contributed by atoms with E-state index < -0.39 is 0 Å². The highest BCUT2D eigenvalue weighted by molar-refractivity contribution is 5.89. The summed E-state index contributed by atoms with van der Waals surface area (Å²) in [5.41, 5.74) is 8.62. The van der Waals surface area contributed by atoms with E-state index in [4.69, 9.17) is 14.2 Å². The molecule has 43 heavy (non-hydrogen) atoms. The van der Waals surface area contributed by atoms with Gasteiger partial charge in [0.25, 0.3) is 0 Å². The molecule has 0 spiro atoms. The van der Waals surface area contributed by atoms with E-state index in [1.54, 1.807) is 0 Å². The van der Waals surface area contributed by atoms with Gasteiger partial charge in [-0.2, -0.15) is 0 Å². The monoisotopic (exact) mass is 583 g/mol. The maximum Gasteiger partial charge on any atom is 0.337 e. The SMILES string of the molecule is COC(=O)CCCCN(CCc1ccccc1OCc1cccc2c1CCCC2)C1CCCc2cc(C(=O)OC)ccc21. The fourth-order valence-corrected chi connectivity index (χ4v) is 6.79. The Bertz CT molecular complexity index is 1400. The Morgan fingerprint density at radius 2 is 1.63 bits per heavy atom. The second-order valence-corrected chi connectivity index (χ2v) is 11.8. The van der Waals surface area contributed by atoms with Gasteiger partial charge in [0, 0.05) is 19.0 Å². The van der Waals surface area contributed by atoms with Crippen molar-refractivity contribution in [3.8, 4) is 5.75 Å². The largest absolute Gasteiger partial charge is 0.489 e. The quantitative estimate of drug-likeness (QED) is 0.157. The molecule has 228 valence electrons. The fraction of sp³-hybridized carbons (Fsp3) is 0.459. The number of carbonyl (C=O) groups excluding carboxylic acids is 2. The van der Waals surface area contributed by atoms with Gasteiger partial charge in [-0.3, -0.25) is 9.69 Å². The van der Waals surface area contributed by atoms with Crippen LogP contribution in [0.2, 0.25) is 0 Å². The summed E-state index contributed by atoms with van der Waals surface area (Å²) < 4.78 is 16.3. The van der Waals surface area contributed by atoms with Gasteiger partial charge in [0.1, 0.15) is 12.4 Å². The summed E-state index contributed by atoms with van der Waals surface area (Å²) in [6, 6.07) is 21.4. The second-order valence-electron chi connectivity index (χ2n) is 11.8. The van der Waals surface area contributed by atoms with Crippen molar-refractivity contribution in [2.45, 2.75) is 83.3 Å². The van der Waals surface area contributed by atoms with Gasteiger partial charge in [-0.1, -0.05) is 42.5 Å². The molecule has 0 fully saturated rings. The summed E-state index contributed by atoms with van der Waals surface area (Å²) >= 11 is 0. The molecule has 1 atom stereocenters. The molecule has 0 bridgehead atoms. The first kappa shape index (κ1) is 30.8. The predicted molar refractivity (Wildman–Crippen MR) is 168 cm³/mol. The molecule has 0 heterocycles. The molecule has 3 aromatic carbocycles. The third kappa shape index (κ3) is 7.85. The third-order valence-electron chi connectivity index (χ3n) is 9.11. The van der Waals surface area contributed by atoms with Crippen LogP contribution in [0.1, 0.15) is 94.7 Å². The van der Waals surface area contributed by atoms with Crippen LogP contribution in [0.5, 0.6) is 5.75 Å². The predicted octanol–water partition coefficient (Wildman–Crippen LogP) is 7.20. The van der Waals surface area contributed by atoms with Gasteiger partial charge >= 0.3 is 11.9 Å². The molecule has 0 saturated heterocycles. The van der Waals surface area contributed by atoms with E-state index in [9.17, 15) is 9.59 Å². The van der Waals surface area contributed by atoms with Gasteiger partial charge in [-0.25, -0.2) is 4.79 Å². The van der Waals surface area contributed by atoms with Crippen LogP contribution in [0.25, 0.3) is 0 Å². The van der Waals surface area contributed by atoms with Crippen LogP contribution in [-0.2, 0) is 46.6 Å². The number of benzene rings is 3. The number of ether oxygens (including phenoxy) is 3. The summed E-state index contributed by atoms with van der Waals surface area (Å²) in [6.07, 6.45) is 11.0. The van der Waals surface area contributed by atoms with E-state index in [0.717, 1.165) is 63.8 Å². The first-order valence-electron chi connectivity index (χ1n) is 15.9. The van der Waals surface area contributed by atoms with Crippen molar-refractivity contribution in [2.75, 3.05) is 27.3 Å². The van der Waals surface area contributed by atoms with E-state index in [0.29, 0.717) is 18.6 Å². The summed E-state index contributed by atoms with van der Waals surface area (Å²) in [5, 5.41) is 0. The number of hydrogen-bond acceptors (Lipinski definition) is 6. The number of aryl methyl sites for hydroxylation is 2. The zero-order chi connectivity index (χ0) is 30.0. The van der Waals surface area contributed by atoms with Crippen molar-refractivity contribution in [1.29, 1.82) is 0 Å². The Balaban J connectivity index is 1.31. The summed E-state index contributed by atoms with van der Waals surface area (Å²) in [6.45, 7) is 2.36. The molecule has 2 aliphatic rings. The van der Waals surface area contributed by atoms with Crippen LogP contribution >= 0.6 is 0 Å². The van der Waals surface area contributed by atoms with Gasteiger partial charge in [-0.15, -0.1) is 0 Å². The summed E-state index contributed by atoms with van der Waals surface area (Å²) in [5.74, 6) is 0.501. The molecule has 6 heteroatoms. The molecular formula is C37H45NO5. The van der Waals surface area contributed by atoms with Crippen molar-refractivity contribution in [3.05, 3.63) is 99.6 Å². The number of hydrogen-bond donors (Lipinski definition) is 0. The number of fused-ring (bicyclic) bond motifs is 2. The number of nitrogens with zero attached hydrogens (tertiary/aromatic N) is 1. The topological polar surface area (TPSA) is 65.1 Å².